The molecule has 2 aromatic rings. The molecule has 0 aliphatic heterocycles. The van der Waals surface area contributed by atoms with Gasteiger partial charge in [-0.1, -0.05) is 20.3 Å². The summed E-state index contributed by atoms with van der Waals surface area (Å²) >= 11 is 0. The first kappa shape index (κ1) is 11.8. The van der Waals surface area contributed by atoms with Crippen LogP contribution in [-0.2, 0) is 0 Å². The molecule has 1 aromatic heterocycles. The Morgan fingerprint density at radius 1 is 1.12 bits per heavy atom. The van der Waals surface area contributed by atoms with Crippen LogP contribution in [-0.4, -0.2) is 16.0 Å². The van der Waals surface area contributed by atoms with Gasteiger partial charge in [-0.25, -0.2) is 0 Å². The molecule has 0 aliphatic carbocycles. The van der Waals surface area contributed by atoms with Crippen molar-refractivity contribution in [3.8, 4) is 0 Å². The molecule has 0 fully saturated rings. The van der Waals surface area contributed by atoms with E-state index in [-0.39, 0.29) is 0 Å². The van der Waals surface area contributed by atoms with Crippen LogP contribution in [0, 0.1) is 5.92 Å². The van der Waals surface area contributed by atoms with E-state index in [9.17, 15) is 0 Å². The Morgan fingerprint density at radius 3 is 2.53 bits per heavy atom. The van der Waals surface area contributed by atoms with Crippen molar-refractivity contribution in [3.63, 3.8) is 0 Å². The minimum absolute atomic E-state index is 0.467. The molecule has 90 valence electrons. The maximum absolute atomic E-state index is 4.31. The molecule has 1 N–H and O–H groups in total. The van der Waals surface area contributed by atoms with Gasteiger partial charge in [0.2, 0.25) is 0 Å². The number of nitrogens with one attached hydrogen (secondary N) is 1. The quantitative estimate of drug-likeness (QED) is 0.872. The van der Waals surface area contributed by atoms with Crippen molar-refractivity contribution in [1.82, 2.24) is 9.97 Å². The van der Waals surface area contributed by atoms with Crippen molar-refractivity contribution in [2.24, 2.45) is 5.92 Å². The summed E-state index contributed by atoms with van der Waals surface area (Å²) in [6.07, 6.45) is 4.63. The Labute approximate surface area is 102 Å². The Hall–Kier alpha value is -1.64. The number of nitrogens with zero attached hydrogens (tertiary/aromatic N) is 2. The highest BCUT2D eigenvalue weighted by molar-refractivity contribution is 5.78. The largest absolute Gasteiger partial charge is 0.382 e. The van der Waals surface area contributed by atoms with Gasteiger partial charge >= 0.3 is 0 Å². The van der Waals surface area contributed by atoms with Crippen LogP contribution in [0.25, 0.3) is 11.0 Å². The standard InChI is InChI=1S/C14H19N3/c1-4-10(2)11(3)17-12-5-6-13-14(9-12)16-8-7-15-13/h5-11,17H,4H2,1-3H3. The van der Waals surface area contributed by atoms with E-state index in [1.165, 1.54) is 6.42 Å². The Morgan fingerprint density at radius 2 is 1.82 bits per heavy atom. The first-order chi connectivity index (χ1) is 8.20. The monoisotopic (exact) mass is 229 g/mol. The third-order valence-electron chi connectivity index (χ3n) is 3.36. The van der Waals surface area contributed by atoms with Crippen LogP contribution in [0.5, 0.6) is 0 Å². The van der Waals surface area contributed by atoms with Gasteiger partial charge in [-0.2, -0.15) is 0 Å². The lowest BCUT2D eigenvalue weighted by Crippen LogP contribution is -2.23. The summed E-state index contributed by atoms with van der Waals surface area (Å²) in [5, 5.41) is 3.52. The fourth-order valence-corrected chi connectivity index (χ4v) is 1.81. The second-order valence-electron chi connectivity index (χ2n) is 4.58. The normalized spacial score (nSPS) is 14.5. The van der Waals surface area contributed by atoms with Gasteiger partial charge in [0.15, 0.2) is 0 Å². The van der Waals surface area contributed by atoms with Crippen molar-refractivity contribution in [3.05, 3.63) is 30.6 Å². The molecular weight excluding hydrogens is 210 g/mol. The number of rotatable bonds is 4. The molecule has 1 heterocycles. The zero-order chi connectivity index (χ0) is 12.3. The van der Waals surface area contributed by atoms with Crippen molar-refractivity contribution in [1.29, 1.82) is 0 Å². The molecule has 2 unspecified atom stereocenters. The van der Waals surface area contributed by atoms with Gasteiger partial charge in [0.05, 0.1) is 11.0 Å². The van der Waals surface area contributed by atoms with Crippen LogP contribution >= 0.6 is 0 Å². The van der Waals surface area contributed by atoms with Crippen LogP contribution in [0.1, 0.15) is 27.2 Å². The molecule has 17 heavy (non-hydrogen) atoms. The van der Waals surface area contributed by atoms with E-state index in [0.29, 0.717) is 12.0 Å². The molecule has 0 saturated carbocycles. The molecule has 2 rings (SSSR count). The molecule has 1 aromatic carbocycles. The number of aromatic nitrogens is 2. The van der Waals surface area contributed by atoms with Gasteiger partial charge in [-0.15, -0.1) is 0 Å². The topological polar surface area (TPSA) is 37.8 Å². The SMILES string of the molecule is CCC(C)C(C)Nc1ccc2nccnc2c1. The first-order valence-corrected chi connectivity index (χ1v) is 6.18. The minimum atomic E-state index is 0.467. The number of hydrogen-bond donors (Lipinski definition) is 1. The second-order valence-corrected chi connectivity index (χ2v) is 4.58. The molecule has 0 spiro atoms. The highest BCUT2D eigenvalue weighted by Crippen LogP contribution is 2.18. The van der Waals surface area contributed by atoms with Gasteiger partial charge in [0.1, 0.15) is 0 Å². The maximum Gasteiger partial charge on any atom is 0.0907 e. The molecule has 0 bridgehead atoms. The summed E-state index contributed by atoms with van der Waals surface area (Å²) in [4.78, 5) is 8.57. The van der Waals surface area contributed by atoms with Crippen molar-refractivity contribution >= 4 is 16.7 Å². The van der Waals surface area contributed by atoms with E-state index in [0.717, 1.165) is 16.7 Å². The average Bonchev–Trinajstić information content (AvgIpc) is 2.37. The van der Waals surface area contributed by atoms with E-state index in [4.69, 9.17) is 0 Å². The first-order valence-electron chi connectivity index (χ1n) is 6.18. The summed E-state index contributed by atoms with van der Waals surface area (Å²) < 4.78 is 0. The third-order valence-corrected chi connectivity index (χ3v) is 3.36. The van der Waals surface area contributed by atoms with Gasteiger partial charge in [-0.05, 0) is 31.0 Å². The van der Waals surface area contributed by atoms with Crippen LogP contribution < -0.4 is 5.32 Å². The summed E-state index contributed by atoms with van der Waals surface area (Å²) in [5.74, 6) is 0.660. The van der Waals surface area contributed by atoms with Crippen LogP contribution in [0.4, 0.5) is 5.69 Å². The number of fused-ring (bicyclic) bond motifs is 1. The lowest BCUT2D eigenvalue weighted by molar-refractivity contribution is 0.495. The number of anilines is 1. The third kappa shape index (κ3) is 2.73. The van der Waals surface area contributed by atoms with E-state index < -0.39 is 0 Å². The van der Waals surface area contributed by atoms with Crippen LogP contribution in [0.15, 0.2) is 30.6 Å². The Kier molecular flexibility index (Phi) is 3.57. The van der Waals surface area contributed by atoms with Crippen LogP contribution in [0.2, 0.25) is 0 Å². The van der Waals surface area contributed by atoms with Gasteiger partial charge in [0.25, 0.3) is 0 Å². The van der Waals surface area contributed by atoms with Crippen molar-refractivity contribution in [2.45, 2.75) is 33.2 Å². The molecule has 2 atom stereocenters. The van der Waals surface area contributed by atoms with Crippen molar-refractivity contribution < 1.29 is 0 Å². The molecule has 3 nitrogen and oxygen atoms in total. The number of benzene rings is 1. The van der Waals surface area contributed by atoms with E-state index in [1.54, 1.807) is 12.4 Å². The smallest absolute Gasteiger partial charge is 0.0907 e. The average molecular weight is 229 g/mol. The summed E-state index contributed by atoms with van der Waals surface area (Å²) in [6.45, 7) is 6.70. The fourth-order valence-electron chi connectivity index (χ4n) is 1.81. The lowest BCUT2D eigenvalue weighted by Gasteiger charge is -2.21. The summed E-state index contributed by atoms with van der Waals surface area (Å²) in [5.41, 5.74) is 2.99. The zero-order valence-electron chi connectivity index (χ0n) is 10.6. The molecule has 0 aliphatic rings. The highest BCUT2D eigenvalue weighted by Gasteiger charge is 2.09. The highest BCUT2D eigenvalue weighted by atomic mass is 14.9. The molecule has 0 radical (unpaired) electrons. The van der Waals surface area contributed by atoms with E-state index in [2.05, 4.69) is 48.2 Å². The Balaban J connectivity index is 2.19. The fraction of sp³-hybridized carbons (Fsp3) is 0.429. The van der Waals surface area contributed by atoms with Crippen LogP contribution in [0.3, 0.4) is 0 Å². The lowest BCUT2D eigenvalue weighted by atomic mass is 10.0. The van der Waals surface area contributed by atoms with Gasteiger partial charge < -0.3 is 5.32 Å². The van der Waals surface area contributed by atoms with E-state index in [1.807, 2.05) is 6.07 Å². The molecular formula is C14H19N3. The summed E-state index contributed by atoms with van der Waals surface area (Å²) in [6, 6.07) is 6.60. The van der Waals surface area contributed by atoms with Gasteiger partial charge in [-0.3, -0.25) is 9.97 Å². The predicted molar refractivity (Wildman–Crippen MR) is 72.1 cm³/mol. The summed E-state index contributed by atoms with van der Waals surface area (Å²) in [7, 11) is 0. The Bertz CT molecular complexity index is 496. The predicted octanol–water partition coefficient (Wildman–Crippen LogP) is 3.48. The number of hydrogen-bond acceptors (Lipinski definition) is 3. The molecule has 0 saturated heterocycles. The van der Waals surface area contributed by atoms with E-state index >= 15 is 0 Å². The molecule has 3 heteroatoms. The van der Waals surface area contributed by atoms with Crippen molar-refractivity contribution in [2.75, 3.05) is 5.32 Å². The molecule has 0 amide bonds. The van der Waals surface area contributed by atoms with Gasteiger partial charge in [0, 0.05) is 24.1 Å². The zero-order valence-corrected chi connectivity index (χ0v) is 10.6. The minimum Gasteiger partial charge on any atom is -0.382 e. The second kappa shape index (κ2) is 5.13. The maximum atomic E-state index is 4.31.